The van der Waals surface area contributed by atoms with Crippen LogP contribution in [0, 0.1) is 11.8 Å². The van der Waals surface area contributed by atoms with Crippen LogP contribution < -0.4 is 0 Å². The molecule has 3 N–H and O–H groups in total. The Morgan fingerprint density at radius 1 is 1.14 bits per heavy atom. The van der Waals surface area contributed by atoms with Crippen molar-refractivity contribution < 1.29 is 29.6 Å². The highest BCUT2D eigenvalue weighted by molar-refractivity contribution is 5.70. The summed E-state index contributed by atoms with van der Waals surface area (Å²) in [4.78, 5) is 11.1. The van der Waals surface area contributed by atoms with E-state index in [1.807, 2.05) is 6.08 Å². The lowest BCUT2D eigenvalue weighted by Crippen LogP contribution is -2.20. The van der Waals surface area contributed by atoms with Gasteiger partial charge in [-0.15, -0.1) is 0 Å². The van der Waals surface area contributed by atoms with Crippen LogP contribution in [0.3, 0.4) is 0 Å². The van der Waals surface area contributed by atoms with E-state index in [0.717, 1.165) is 44.9 Å². The van der Waals surface area contributed by atoms with E-state index < -0.39 is 18.3 Å². The zero-order valence-corrected chi connectivity index (χ0v) is 18.0. The van der Waals surface area contributed by atoms with Gasteiger partial charge in [0, 0.05) is 19.4 Å². The van der Waals surface area contributed by atoms with E-state index in [-0.39, 0.29) is 24.4 Å². The molecule has 0 amide bonds. The first kappa shape index (κ1) is 25.8. The summed E-state index contributed by atoms with van der Waals surface area (Å²) in [5.74, 6) is -0.502. The van der Waals surface area contributed by atoms with Crippen molar-refractivity contribution in [3.05, 3.63) is 24.3 Å². The minimum atomic E-state index is -0.565. The number of aliphatic hydroxyl groups is 3. The first-order chi connectivity index (χ1) is 14.0. The van der Waals surface area contributed by atoms with Crippen LogP contribution in [0.2, 0.25) is 0 Å². The molecule has 0 aromatic heterocycles. The van der Waals surface area contributed by atoms with Crippen molar-refractivity contribution in [3.8, 4) is 0 Å². The lowest BCUT2D eigenvalue weighted by atomic mass is 9.89. The number of carbonyl (C=O) groups excluding carboxylic acids is 1. The molecule has 1 saturated carbocycles. The van der Waals surface area contributed by atoms with Gasteiger partial charge in [-0.05, 0) is 38.0 Å². The second-order valence-electron chi connectivity index (χ2n) is 7.92. The van der Waals surface area contributed by atoms with Gasteiger partial charge < -0.3 is 24.8 Å². The van der Waals surface area contributed by atoms with Crippen LogP contribution in [0.15, 0.2) is 24.3 Å². The van der Waals surface area contributed by atoms with Crippen LogP contribution in [0.4, 0.5) is 0 Å². The number of hydrogen-bond acceptors (Lipinski definition) is 6. The van der Waals surface area contributed by atoms with Crippen LogP contribution in [-0.4, -0.2) is 59.9 Å². The standard InChI is InChI=1S/C23H40O6/c1-3-4-8-11-18(24)13-14-20-19(21(25)16-22(20)26)12-9-6-5-7-10-15-29-23(27)17-28-2/h6,9,13-14,18-22,24-26H,3-5,7-8,10-12,15-17H2,1-2H3/b9-6-,14-13+/t18-,19+,20+,21-,22+/m0/s1. The summed E-state index contributed by atoms with van der Waals surface area (Å²) < 4.78 is 9.71. The first-order valence-electron chi connectivity index (χ1n) is 11.0. The van der Waals surface area contributed by atoms with Crippen LogP contribution in [0.1, 0.15) is 64.7 Å². The Morgan fingerprint density at radius 3 is 2.66 bits per heavy atom. The summed E-state index contributed by atoms with van der Waals surface area (Å²) in [6.45, 7) is 2.52. The Hall–Kier alpha value is -1.21. The lowest BCUT2D eigenvalue weighted by molar-refractivity contribution is -0.148. The van der Waals surface area contributed by atoms with Crippen molar-refractivity contribution in [3.63, 3.8) is 0 Å². The third-order valence-corrected chi connectivity index (χ3v) is 5.44. The molecule has 0 spiro atoms. The Bertz CT molecular complexity index is 490. The number of ether oxygens (including phenoxy) is 2. The molecule has 0 aromatic rings. The summed E-state index contributed by atoms with van der Waals surface area (Å²) in [7, 11) is 1.46. The van der Waals surface area contributed by atoms with E-state index >= 15 is 0 Å². The molecule has 0 bridgehead atoms. The third kappa shape index (κ3) is 10.9. The van der Waals surface area contributed by atoms with Gasteiger partial charge in [-0.3, -0.25) is 0 Å². The summed E-state index contributed by atoms with van der Waals surface area (Å²) >= 11 is 0. The molecule has 1 fully saturated rings. The predicted molar refractivity (Wildman–Crippen MR) is 113 cm³/mol. The Morgan fingerprint density at radius 2 is 1.93 bits per heavy atom. The number of allylic oxidation sites excluding steroid dienone is 2. The van der Waals surface area contributed by atoms with Gasteiger partial charge in [-0.25, -0.2) is 4.79 Å². The molecule has 6 heteroatoms. The minimum absolute atomic E-state index is 0.0130. The molecule has 1 rings (SSSR count). The summed E-state index contributed by atoms with van der Waals surface area (Å²) in [5.41, 5.74) is 0. The van der Waals surface area contributed by atoms with Crippen LogP contribution >= 0.6 is 0 Å². The number of methoxy groups -OCH3 is 1. The molecule has 1 aliphatic rings. The summed E-state index contributed by atoms with van der Waals surface area (Å²) in [5, 5.41) is 30.6. The van der Waals surface area contributed by atoms with Gasteiger partial charge in [0.15, 0.2) is 0 Å². The van der Waals surface area contributed by atoms with Gasteiger partial charge in [0.1, 0.15) is 6.61 Å². The highest BCUT2D eigenvalue weighted by Crippen LogP contribution is 2.36. The van der Waals surface area contributed by atoms with Gasteiger partial charge in [-0.2, -0.15) is 0 Å². The maximum absolute atomic E-state index is 11.1. The normalized spacial score (nSPS) is 25.8. The molecule has 0 aliphatic heterocycles. The average Bonchev–Trinajstić information content (AvgIpc) is 2.95. The predicted octanol–water partition coefficient (Wildman–Crippen LogP) is 3.15. The van der Waals surface area contributed by atoms with Crippen LogP contribution in [0.25, 0.3) is 0 Å². The number of hydrogen-bond donors (Lipinski definition) is 3. The molecule has 6 nitrogen and oxygen atoms in total. The van der Waals surface area contributed by atoms with Gasteiger partial charge in [0.25, 0.3) is 0 Å². The zero-order valence-electron chi connectivity index (χ0n) is 18.0. The second-order valence-corrected chi connectivity index (χ2v) is 7.92. The average molecular weight is 413 g/mol. The summed E-state index contributed by atoms with van der Waals surface area (Å²) in [6.07, 6.45) is 13.9. The molecular formula is C23H40O6. The quantitative estimate of drug-likeness (QED) is 0.217. The van der Waals surface area contributed by atoms with Crippen LogP contribution in [-0.2, 0) is 14.3 Å². The Kier molecular flexibility index (Phi) is 13.9. The number of aliphatic hydroxyl groups excluding tert-OH is 3. The summed E-state index contributed by atoms with van der Waals surface area (Å²) in [6, 6.07) is 0. The van der Waals surface area contributed by atoms with Crippen molar-refractivity contribution in [2.45, 2.75) is 83.0 Å². The van der Waals surface area contributed by atoms with E-state index in [2.05, 4.69) is 19.1 Å². The Labute approximate surface area is 175 Å². The van der Waals surface area contributed by atoms with Crippen molar-refractivity contribution in [2.24, 2.45) is 11.8 Å². The Balaban J connectivity index is 2.32. The van der Waals surface area contributed by atoms with E-state index in [0.29, 0.717) is 19.4 Å². The van der Waals surface area contributed by atoms with E-state index in [4.69, 9.17) is 9.47 Å². The highest BCUT2D eigenvalue weighted by Gasteiger charge is 2.39. The number of carbonyl (C=O) groups is 1. The van der Waals surface area contributed by atoms with Gasteiger partial charge in [0.05, 0.1) is 24.9 Å². The van der Waals surface area contributed by atoms with E-state index in [1.54, 1.807) is 6.08 Å². The number of rotatable bonds is 15. The number of esters is 1. The second kappa shape index (κ2) is 15.6. The fourth-order valence-corrected chi connectivity index (χ4v) is 3.74. The lowest BCUT2D eigenvalue weighted by Gasteiger charge is -2.19. The molecule has 0 radical (unpaired) electrons. The fraction of sp³-hybridized carbons (Fsp3) is 0.783. The number of unbranched alkanes of at least 4 members (excludes halogenated alkanes) is 4. The molecular weight excluding hydrogens is 372 g/mol. The van der Waals surface area contributed by atoms with Gasteiger partial charge >= 0.3 is 5.97 Å². The molecule has 0 saturated heterocycles. The van der Waals surface area contributed by atoms with Crippen molar-refractivity contribution in [1.29, 1.82) is 0 Å². The van der Waals surface area contributed by atoms with E-state index in [1.165, 1.54) is 7.11 Å². The molecule has 0 unspecified atom stereocenters. The molecule has 29 heavy (non-hydrogen) atoms. The van der Waals surface area contributed by atoms with E-state index in [9.17, 15) is 20.1 Å². The maximum atomic E-state index is 11.1. The minimum Gasteiger partial charge on any atom is -0.464 e. The fourth-order valence-electron chi connectivity index (χ4n) is 3.74. The first-order valence-corrected chi connectivity index (χ1v) is 11.0. The van der Waals surface area contributed by atoms with Crippen LogP contribution in [0.5, 0.6) is 0 Å². The molecule has 0 aromatic carbocycles. The zero-order chi connectivity index (χ0) is 21.5. The monoisotopic (exact) mass is 412 g/mol. The largest absolute Gasteiger partial charge is 0.464 e. The third-order valence-electron chi connectivity index (χ3n) is 5.44. The molecule has 1 aliphatic carbocycles. The highest BCUT2D eigenvalue weighted by atomic mass is 16.6. The van der Waals surface area contributed by atoms with Crippen molar-refractivity contribution >= 4 is 5.97 Å². The van der Waals surface area contributed by atoms with Crippen molar-refractivity contribution in [1.82, 2.24) is 0 Å². The molecule has 168 valence electrons. The maximum Gasteiger partial charge on any atom is 0.332 e. The SMILES string of the molecule is CCCCC[C@H](O)/C=C/[C@@H]1[C@@H](C/C=C\CCCCOC(=O)COC)[C@@H](O)C[C@H]1O. The molecule has 5 atom stereocenters. The van der Waals surface area contributed by atoms with Gasteiger partial charge in [0.2, 0.25) is 0 Å². The molecule has 0 heterocycles. The van der Waals surface area contributed by atoms with Gasteiger partial charge in [-0.1, -0.05) is 50.5 Å². The smallest absolute Gasteiger partial charge is 0.332 e. The van der Waals surface area contributed by atoms with Crippen molar-refractivity contribution in [2.75, 3.05) is 20.3 Å². The topological polar surface area (TPSA) is 96.2 Å².